The fourth-order valence-corrected chi connectivity index (χ4v) is 2.43. The molecule has 76 valence electrons. The summed E-state index contributed by atoms with van der Waals surface area (Å²) in [6, 6.07) is 1.69. The summed E-state index contributed by atoms with van der Waals surface area (Å²) < 4.78 is 0. The molecule has 1 saturated carbocycles. The zero-order valence-electron chi connectivity index (χ0n) is 8.68. The third-order valence-electron chi connectivity index (χ3n) is 3.37. The summed E-state index contributed by atoms with van der Waals surface area (Å²) in [5, 5.41) is 7.19. The maximum absolute atomic E-state index is 3.79. The van der Waals surface area contributed by atoms with Crippen molar-refractivity contribution in [2.24, 2.45) is 5.92 Å². The molecule has 13 heavy (non-hydrogen) atoms. The van der Waals surface area contributed by atoms with Crippen molar-refractivity contribution in [2.75, 3.05) is 13.1 Å². The van der Waals surface area contributed by atoms with Gasteiger partial charge in [0.1, 0.15) is 0 Å². The highest BCUT2D eigenvalue weighted by atomic mass is 15.0. The van der Waals surface area contributed by atoms with E-state index in [1.54, 1.807) is 0 Å². The van der Waals surface area contributed by atoms with Gasteiger partial charge in [-0.25, -0.2) is 0 Å². The van der Waals surface area contributed by atoms with Gasteiger partial charge in [-0.05, 0) is 44.7 Å². The molecular weight excluding hydrogens is 160 g/mol. The molecule has 2 unspecified atom stereocenters. The summed E-state index contributed by atoms with van der Waals surface area (Å²) >= 11 is 0. The molecule has 0 amide bonds. The van der Waals surface area contributed by atoms with Crippen LogP contribution in [0.2, 0.25) is 0 Å². The molecule has 1 aliphatic carbocycles. The predicted molar refractivity (Wildman–Crippen MR) is 55.8 cm³/mol. The molecule has 2 rings (SSSR count). The summed E-state index contributed by atoms with van der Waals surface area (Å²) in [4.78, 5) is 0. The van der Waals surface area contributed by atoms with Gasteiger partial charge in [-0.1, -0.05) is 13.3 Å². The van der Waals surface area contributed by atoms with E-state index in [1.165, 1.54) is 45.2 Å². The molecule has 2 heteroatoms. The SMILES string of the molecule is CCCC1CC1NC1CCNCC1. The van der Waals surface area contributed by atoms with Gasteiger partial charge in [0.15, 0.2) is 0 Å². The Hall–Kier alpha value is -0.0800. The Bertz CT molecular complexity index is 152. The molecule has 2 N–H and O–H groups in total. The molecule has 2 atom stereocenters. The minimum absolute atomic E-state index is 0.813. The van der Waals surface area contributed by atoms with Crippen LogP contribution >= 0.6 is 0 Å². The molecule has 2 aliphatic rings. The van der Waals surface area contributed by atoms with Crippen LogP contribution in [-0.2, 0) is 0 Å². The van der Waals surface area contributed by atoms with Gasteiger partial charge in [-0.15, -0.1) is 0 Å². The molecule has 2 nitrogen and oxygen atoms in total. The third-order valence-corrected chi connectivity index (χ3v) is 3.37. The lowest BCUT2D eigenvalue weighted by Crippen LogP contribution is -2.41. The molecule has 0 aromatic heterocycles. The van der Waals surface area contributed by atoms with E-state index in [9.17, 15) is 0 Å². The molecule has 0 bridgehead atoms. The summed E-state index contributed by atoms with van der Waals surface area (Å²) in [6.45, 7) is 4.71. The first-order valence-corrected chi connectivity index (χ1v) is 5.87. The van der Waals surface area contributed by atoms with E-state index >= 15 is 0 Å². The molecule has 0 aromatic carbocycles. The lowest BCUT2D eigenvalue weighted by molar-refractivity contribution is 0.377. The molecule has 1 aliphatic heterocycles. The smallest absolute Gasteiger partial charge is 0.0102 e. The number of piperidine rings is 1. The van der Waals surface area contributed by atoms with E-state index in [4.69, 9.17) is 0 Å². The predicted octanol–water partition coefficient (Wildman–Crippen LogP) is 1.52. The van der Waals surface area contributed by atoms with Gasteiger partial charge in [0, 0.05) is 12.1 Å². The van der Waals surface area contributed by atoms with Crippen LogP contribution in [0.4, 0.5) is 0 Å². The van der Waals surface area contributed by atoms with Crippen molar-refractivity contribution in [2.45, 2.75) is 51.1 Å². The molecule has 1 saturated heterocycles. The van der Waals surface area contributed by atoms with Crippen molar-refractivity contribution in [1.29, 1.82) is 0 Å². The van der Waals surface area contributed by atoms with Crippen molar-refractivity contribution in [1.82, 2.24) is 10.6 Å². The van der Waals surface area contributed by atoms with E-state index in [2.05, 4.69) is 17.6 Å². The first kappa shape index (κ1) is 9.47. The second-order valence-corrected chi connectivity index (χ2v) is 4.58. The maximum atomic E-state index is 3.79. The minimum Gasteiger partial charge on any atom is -0.317 e. The second-order valence-electron chi connectivity index (χ2n) is 4.58. The van der Waals surface area contributed by atoms with Crippen molar-refractivity contribution < 1.29 is 0 Å². The molecule has 0 radical (unpaired) electrons. The van der Waals surface area contributed by atoms with E-state index in [0.29, 0.717) is 0 Å². The molecule has 0 spiro atoms. The first-order valence-electron chi connectivity index (χ1n) is 5.87. The van der Waals surface area contributed by atoms with Crippen LogP contribution in [0.25, 0.3) is 0 Å². The van der Waals surface area contributed by atoms with Crippen LogP contribution in [0.15, 0.2) is 0 Å². The zero-order valence-corrected chi connectivity index (χ0v) is 8.68. The highest BCUT2D eigenvalue weighted by Crippen LogP contribution is 2.35. The van der Waals surface area contributed by atoms with Crippen LogP contribution in [0.1, 0.15) is 39.0 Å². The Morgan fingerprint density at radius 3 is 2.77 bits per heavy atom. The second kappa shape index (κ2) is 4.43. The third kappa shape index (κ3) is 2.68. The Morgan fingerprint density at radius 1 is 1.31 bits per heavy atom. The lowest BCUT2D eigenvalue weighted by Gasteiger charge is -2.23. The fourth-order valence-electron chi connectivity index (χ4n) is 2.43. The lowest BCUT2D eigenvalue weighted by atomic mass is 10.1. The Morgan fingerprint density at radius 2 is 2.08 bits per heavy atom. The van der Waals surface area contributed by atoms with Crippen LogP contribution in [0.3, 0.4) is 0 Å². The highest BCUT2D eigenvalue weighted by Gasteiger charge is 2.37. The largest absolute Gasteiger partial charge is 0.317 e. The van der Waals surface area contributed by atoms with Gasteiger partial charge in [0.25, 0.3) is 0 Å². The van der Waals surface area contributed by atoms with Gasteiger partial charge < -0.3 is 10.6 Å². The van der Waals surface area contributed by atoms with Crippen molar-refractivity contribution in [3.63, 3.8) is 0 Å². The van der Waals surface area contributed by atoms with Gasteiger partial charge in [-0.3, -0.25) is 0 Å². The van der Waals surface area contributed by atoms with Gasteiger partial charge >= 0.3 is 0 Å². The average molecular weight is 182 g/mol. The first-order chi connectivity index (χ1) is 6.40. The van der Waals surface area contributed by atoms with Crippen LogP contribution in [0, 0.1) is 5.92 Å². The number of hydrogen-bond donors (Lipinski definition) is 2. The summed E-state index contributed by atoms with van der Waals surface area (Å²) in [6.07, 6.45) is 6.89. The van der Waals surface area contributed by atoms with Crippen molar-refractivity contribution in [3.8, 4) is 0 Å². The Labute approximate surface area is 81.5 Å². The number of hydrogen-bond acceptors (Lipinski definition) is 2. The normalized spacial score (nSPS) is 34.8. The summed E-state index contributed by atoms with van der Waals surface area (Å²) in [7, 11) is 0. The maximum Gasteiger partial charge on any atom is 0.0102 e. The van der Waals surface area contributed by atoms with Gasteiger partial charge in [-0.2, -0.15) is 0 Å². The van der Waals surface area contributed by atoms with Gasteiger partial charge in [0.2, 0.25) is 0 Å². The van der Waals surface area contributed by atoms with E-state index in [0.717, 1.165) is 18.0 Å². The Kier molecular flexibility index (Phi) is 3.23. The van der Waals surface area contributed by atoms with E-state index in [1.807, 2.05) is 0 Å². The minimum atomic E-state index is 0.813. The Balaban J connectivity index is 1.62. The number of rotatable bonds is 4. The summed E-state index contributed by atoms with van der Waals surface area (Å²) in [5.74, 6) is 1.01. The van der Waals surface area contributed by atoms with Crippen LogP contribution < -0.4 is 10.6 Å². The van der Waals surface area contributed by atoms with E-state index in [-0.39, 0.29) is 0 Å². The molecule has 1 heterocycles. The monoisotopic (exact) mass is 182 g/mol. The quantitative estimate of drug-likeness (QED) is 0.689. The molecule has 2 fully saturated rings. The average Bonchev–Trinajstić information content (AvgIpc) is 2.86. The molecular formula is C11H22N2. The van der Waals surface area contributed by atoms with Gasteiger partial charge in [0.05, 0.1) is 0 Å². The van der Waals surface area contributed by atoms with Crippen LogP contribution in [0.5, 0.6) is 0 Å². The summed E-state index contributed by atoms with van der Waals surface area (Å²) in [5.41, 5.74) is 0. The number of nitrogens with one attached hydrogen (secondary N) is 2. The zero-order chi connectivity index (χ0) is 9.10. The standard InChI is InChI=1S/C11H22N2/c1-2-3-9-8-11(9)13-10-4-6-12-7-5-10/h9-13H,2-8H2,1H3. The molecule has 0 aromatic rings. The van der Waals surface area contributed by atoms with Crippen molar-refractivity contribution >= 4 is 0 Å². The topological polar surface area (TPSA) is 24.1 Å². The highest BCUT2D eigenvalue weighted by molar-refractivity contribution is 4.95. The van der Waals surface area contributed by atoms with Crippen LogP contribution in [-0.4, -0.2) is 25.2 Å². The van der Waals surface area contributed by atoms with Crippen molar-refractivity contribution in [3.05, 3.63) is 0 Å². The fraction of sp³-hybridized carbons (Fsp3) is 1.00. The van der Waals surface area contributed by atoms with E-state index < -0.39 is 0 Å².